The Labute approximate surface area is 188 Å². The van der Waals surface area contributed by atoms with E-state index in [1.165, 1.54) is 0 Å². The van der Waals surface area contributed by atoms with Gasteiger partial charge in [-0.3, -0.25) is 9.59 Å². The molecule has 3 rings (SSSR count). The van der Waals surface area contributed by atoms with Crippen molar-refractivity contribution in [2.75, 3.05) is 6.54 Å². The van der Waals surface area contributed by atoms with Crippen molar-refractivity contribution in [1.82, 2.24) is 10.6 Å². The number of alkyl carbamates (subject to hydrolysis) is 1. The summed E-state index contributed by atoms with van der Waals surface area (Å²) in [6.45, 7) is 2.54. The Morgan fingerprint density at radius 2 is 1.72 bits per heavy atom. The largest absolute Gasteiger partial charge is 0.445 e. The van der Waals surface area contributed by atoms with E-state index in [0.29, 0.717) is 12.1 Å². The lowest BCUT2D eigenvalue weighted by Crippen LogP contribution is -2.42. The number of carbonyl (C=O) groups is 3. The Balaban J connectivity index is 1.69. The number of nitrogens with one attached hydrogen (secondary N) is 2. The van der Waals surface area contributed by atoms with Crippen LogP contribution in [0, 0.1) is 5.92 Å². The molecular formula is C25H31N3O4. The van der Waals surface area contributed by atoms with Gasteiger partial charge < -0.3 is 21.1 Å². The molecule has 0 aliphatic heterocycles. The molecule has 7 nitrogen and oxygen atoms in total. The first-order chi connectivity index (χ1) is 15.5. The maximum Gasteiger partial charge on any atom is 0.407 e. The summed E-state index contributed by atoms with van der Waals surface area (Å²) in [7, 11) is 0. The zero-order valence-corrected chi connectivity index (χ0v) is 18.4. The van der Waals surface area contributed by atoms with Gasteiger partial charge in [0.2, 0.25) is 11.8 Å². The second-order valence-electron chi connectivity index (χ2n) is 8.10. The number of rotatable bonds is 8. The summed E-state index contributed by atoms with van der Waals surface area (Å²) in [6.07, 6.45) is 3.25. The van der Waals surface area contributed by atoms with Crippen LogP contribution in [0.4, 0.5) is 4.79 Å². The van der Waals surface area contributed by atoms with Gasteiger partial charge in [-0.15, -0.1) is 0 Å². The Morgan fingerprint density at radius 3 is 2.38 bits per heavy atom. The summed E-state index contributed by atoms with van der Waals surface area (Å²) in [4.78, 5) is 36.7. The van der Waals surface area contributed by atoms with Crippen molar-refractivity contribution in [3.05, 3.63) is 71.3 Å². The number of benzene rings is 2. The molecule has 0 spiro atoms. The second kappa shape index (κ2) is 11.3. The third kappa shape index (κ3) is 6.09. The van der Waals surface area contributed by atoms with Crippen molar-refractivity contribution in [2.45, 2.75) is 51.2 Å². The highest BCUT2D eigenvalue weighted by molar-refractivity contribution is 5.89. The van der Waals surface area contributed by atoms with Crippen molar-refractivity contribution in [2.24, 2.45) is 11.7 Å². The number of primary amides is 1. The minimum Gasteiger partial charge on any atom is -0.445 e. The fourth-order valence-electron chi connectivity index (χ4n) is 4.26. The number of amides is 3. The van der Waals surface area contributed by atoms with Crippen molar-refractivity contribution >= 4 is 17.9 Å². The molecule has 4 N–H and O–H groups in total. The average molecular weight is 438 g/mol. The molecule has 0 heterocycles. The Morgan fingerprint density at radius 1 is 1.03 bits per heavy atom. The number of ether oxygens (including phenoxy) is 1. The van der Waals surface area contributed by atoms with Crippen LogP contribution in [0.25, 0.3) is 0 Å². The van der Waals surface area contributed by atoms with Gasteiger partial charge in [0.25, 0.3) is 0 Å². The SMILES string of the molecule is CCNC(=O)OCc1ccc(C2CCCCC2C(=O)NC(C(N)=O)c2ccccc2)cc1. The molecule has 0 aromatic heterocycles. The molecule has 3 amide bonds. The molecule has 1 aliphatic carbocycles. The van der Waals surface area contributed by atoms with Crippen LogP contribution in [0.2, 0.25) is 0 Å². The highest BCUT2D eigenvalue weighted by Gasteiger charge is 2.34. The fraction of sp³-hybridized carbons (Fsp3) is 0.400. The van der Waals surface area contributed by atoms with E-state index in [4.69, 9.17) is 10.5 Å². The summed E-state index contributed by atoms with van der Waals surface area (Å²) < 4.78 is 5.16. The number of hydrogen-bond acceptors (Lipinski definition) is 4. The monoisotopic (exact) mass is 437 g/mol. The van der Waals surface area contributed by atoms with Gasteiger partial charge in [-0.2, -0.15) is 0 Å². The Bertz CT molecular complexity index is 915. The maximum absolute atomic E-state index is 13.2. The number of carbonyl (C=O) groups excluding carboxylic acids is 3. The standard InChI is InChI=1S/C25H31N3O4/c1-2-27-25(31)32-16-17-12-14-18(15-13-17)20-10-6-7-11-21(20)24(30)28-22(23(26)29)19-8-4-3-5-9-19/h3-5,8-9,12-15,20-22H,2,6-7,10-11,16H2,1H3,(H2,26,29)(H,27,31)(H,28,30). The molecular weight excluding hydrogens is 406 g/mol. The molecule has 7 heteroatoms. The van der Waals surface area contributed by atoms with Gasteiger partial charge in [0, 0.05) is 12.5 Å². The third-order valence-corrected chi connectivity index (χ3v) is 5.91. The predicted molar refractivity (Wildman–Crippen MR) is 122 cm³/mol. The maximum atomic E-state index is 13.2. The summed E-state index contributed by atoms with van der Waals surface area (Å²) in [6, 6.07) is 16.1. The van der Waals surface area contributed by atoms with E-state index in [0.717, 1.165) is 36.8 Å². The van der Waals surface area contributed by atoms with Crippen molar-refractivity contribution in [3.8, 4) is 0 Å². The van der Waals surface area contributed by atoms with E-state index >= 15 is 0 Å². The lowest BCUT2D eigenvalue weighted by atomic mass is 9.74. The van der Waals surface area contributed by atoms with Crippen LogP contribution < -0.4 is 16.4 Å². The molecule has 0 bridgehead atoms. The molecule has 170 valence electrons. The van der Waals surface area contributed by atoms with E-state index < -0.39 is 18.0 Å². The summed E-state index contributed by atoms with van der Waals surface area (Å²) in [5, 5.41) is 5.47. The number of nitrogens with two attached hydrogens (primary N) is 1. The van der Waals surface area contributed by atoms with Crippen LogP contribution in [0.15, 0.2) is 54.6 Å². The predicted octanol–water partition coefficient (Wildman–Crippen LogP) is 3.55. The van der Waals surface area contributed by atoms with Crippen LogP contribution in [-0.4, -0.2) is 24.5 Å². The van der Waals surface area contributed by atoms with E-state index in [2.05, 4.69) is 10.6 Å². The first kappa shape index (κ1) is 23.3. The minimum atomic E-state index is -0.847. The quantitative estimate of drug-likeness (QED) is 0.586. The fourth-order valence-corrected chi connectivity index (χ4v) is 4.26. The third-order valence-electron chi connectivity index (χ3n) is 5.91. The lowest BCUT2D eigenvalue weighted by molar-refractivity contribution is -0.131. The van der Waals surface area contributed by atoms with E-state index in [-0.39, 0.29) is 24.3 Å². The molecule has 0 radical (unpaired) electrons. The Kier molecular flexibility index (Phi) is 8.25. The van der Waals surface area contributed by atoms with Gasteiger partial charge >= 0.3 is 6.09 Å². The lowest BCUT2D eigenvalue weighted by Gasteiger charge is -2.32. The highest BCUT2D eigenvalue weighted by Crippen LogP contribution is 2.38. The van der Waals surface area contributed by atoms with Crippen LogP contribution >= 0.6 is 0 Å². The summed E-state index contributed by atoms with van der Waals surface area (Å²) in [5.41, 5.74) is 8.22. The molecule has 32 heavy (non-hydrogen) atoms. The normalized spacial score (nSPS) is 18.9. The van der Waals surface area contributed by atoms with Crippen LogP contribution in [0.3, 0.4) is 0 Å². The van der Waals surface area contributed by atoms with Gasteiger partial charge in [0.15, 0.2) is 0 Å². The highest BCUT2D eigenvalue weighted by atomic mass is 16.5. The second-order valence-corrected chi connectivity index (χ2v) is 8.10. The van der Waals surface area contributed by atoms with Crippen molar-refractivity contribution in [3.63, 3.8) is 0 Å². The van der Waals surface area contributed by atoms with Crippen molar-refractivity contribution in [1.29, 1.82) is 0 Å². The Hall–Kier alpha value is -3.35. The average Bonchev–Trinajstić information content (AvgIpc) is 2.82. The van der Waals surface area contributed by atoms with Crippen molar-refractivity contribution < 1.29 is 19.1 Å². The number of hydrogen-bond donors (Lipinski definition) is 3. The van der Waals surface area contributed by atoms with Crippen LogP contribution in [-0.2, 0) is 20.9 Å². The molecule has 2 aromatic carbocycles. The van der Waals surface area contributed by atoms with Gasteiger partial charge in [-0.1, -0.05) is 67.4 Å². The van der Waals surface area contributed by atoms with Gasteiger partial charge in [-0.25, -0.2) is 4.79 Å². The molecule has 3 atom stereocenters. The molecule has 0 saturated heterocycles. The molecule has 3 unspecified atom stereocenters. The summed E-state index contributed by atoms with van der Waals surface area (Å²) in [5.74, 6) is -0.891. The van der Waals surface area contributed by atoms with Gasteiger partial charge in [-0.05, 0) is 42.4 Å². The minimum absolute atomic E-state index is 0.0615. The van der Waals surface area contributed by atoms with E-state index in [1.807, 2.05) is 49.4 Å². The van der Waals surface area contributed by atoms with E-state index in [9.17, 15) is 14.4 Å². The molecule has 1 aliphatic rings. The molecule has 1 fully saturated rings. The first-order valence-corrected chi connectivity index (χ1v) is 11.1. The molecule has 2 aromatic rings. The van der Waals surface area contributed by atoms with Crippen LogP contribution in [0.5, 0.6) is 0 Å². The zero-order chi connectivity index (χ0) is 22.9. The topological polar surface area (TPSA) is 111 Å². The zero-order valence-electron chi connectivity index (χ0n) is 18.4. The molecule has 1 saturated carbocycles. The van der Waals surface area contributed by atoms with E-state index in [1.54, 1.807) is 12.1 Å². The van der Waals surface area contributed by atoms with Gasteiger partial charge in [0.1, 0.15) is 12.6 Å². The van der Waals surface area contributed by atoms with Gasteiger partial charge in [0.05, 0.1) is 0 Å². The summed E-state index contributed by atoms with van der Waals surface area (Å²) >= 11 is 0. The smallest absolute Gasteiger partial charge is 0.407 e. The first-order valence-electron chi connectivity index (χ1n) is 11.1. The van der Waals surface area contributed by atoms with Crippen LogP contribution in [0.1, 0.15) is 61.3 Å².